The Morgan fingerprint density at radius 1 is 1.13 bits per heavy atom. The first kappa shape index (κ1) is 19.8. The Kier molecular flexibility index (Phi) is 5.87. The highest BCUT2D eigenvalue weighted by molar-refractivity contribution is 5.94. The number of carbonyl (C=O) groups excluding carboxylic acids is 2. The first-order chi connectivity index (χ1) is 14.6. The van der Waals surface area contributed by atoms with Crippen molar-refractivity contribution in [3.63, 3.8) is 0 Å². The van der Waals surface area contributed by atoms with E-state index in [1.807, 2.05) is 12.1 Å². The van der Waals surface area contributed by atoms with Gasteiger partial charge in [0.1, 0.15) is 5.82 Å². The zero-order valence-corrected chi connectivity index (χ0v) is 16.9. The Balaban J connectivity index is 1.40. The molecule has 0 bridgehead atoms. The molecular weight excluding hydrogens is 384 g/mol. The molecule has 9 heteroatoms. The minimum Gasteiger partial charge on any atom is -0.462 e. The standard InChI is InChI=1S/C21H24N6O3/c1-2-30-21(29)15-6-5-7-16(14-15)22-20(28)11-10-18-24-23-17-8-9-19(25-27(17)18)26-12-3-4-13-26/h5-9,14H,2-4,10-13H2,1H3,(H,22,28). The number of hydrogen-bond acceptors (Lipinski definition) is 7. The number of aromatic nitrogens is 4. The number of esters is 1. The molecule has 30 heavy (non-hydrogen) atoms. The van der Waals surface area contributed by atoms with Crippen molar-refractivity contribution >= 4 is 29.0 Å². The zero-order valence-electron chi connectivity index (χ0n) is 16.9. The second-order valence-corrected chi connectivity index (χ2v) is 7.12. The van der Waals surface area contributed by atoms with Gasteiger partial charge in [0.15, 0.2) is 11.5 Å². The number of nitrogens with zero attached hydrogens (tertiary/aromatic N) is 5. The highest BCUT2D eigenvalue weighted by atomic mass is 16.5. The highest BCUT2D eigenvalue weighted by Crippen LogP contribution is 2.18. The van der Waals surface area contributed by atoms with E-state index in [1.54, 1.807) is 35.7 Å². The molecule has 0 saturated carbocycles. The van der Waals surface area contributed by atoms with Gasteiger partial charge in [0.05, 0.1) is 12.2 Å². The van der Waals surface area contributed by atoms with Crippen LogP contribution in [-0.4, -0.2) is 51.4 Å². The third kappa shape index (κ3) is 4.40. The van der Waals surface area contributed by atoms with Crippen LogP contribution in [0.3, 0.4) is 0 Å². The van der Waals surface area contributed by atoms with Crippen molar-refractivity contribution in [1.29, 1.82) is 0 Å². The maximum Gasteiger partial charge on any atom is 0.338 e. The maximum absolute atomic E-state index is 12.4. The molecular formula is C21H24N6O3. The lowest BCUT2D eigenvalue weighted by molar-refractivity contribution is -0.116. The van der Waals surface area contributed by atoms with Crippen LogP contribution in [-0.2, 0) is 16.0 Å². The van der Waals surface area contributed by atoms with E-state index in [-0.39, 0.29) is 12.3 Å². The average Bonchev–Trinajstić information content (AvgIpc) is 3.42. The van der Waals surface area contributed by atoms with Gasteiger partial charge in [0, 0.05) is 31.6 Å². The Morgan fingerprint density at radius 3 is 2.77 bits per heavy atom. The largest absolute Gasteiger partial charge is 0.462 e. The number of nitrogens with one attached hydrogen (secondary N) is 1. The van der Waals surface area contributed by atoms with Crippen LogP contribution in [0.15, 0.2) is 36.4 Å². The van der Waals surface area contributed by atoms with E-state index in [0.29, 0.717) is 35.8 Å². The molecule has 4 rings (SSSR count). The van der Waals surface area contributed by atoms with Gasteiger partial charge in [-0.3, -0.25) is 4.79 Å². The molecule has 2 aromatic heterocycles. The van der Waals surface area contributed by atoms with Gasteiger partial charge in [0.2, 0.25) is 5.91 Å². The van der Waals surface area contributed by atoms with Gasteiger partial charge < -0.3 is 15.0 Å². The van der Waals surface area contributed by atoms with Crippen LogP contribution >= 0.6 is 0 Å². The second-order valence-electron chi connectivity index (χ2n) is 7.12. The number of ether oxygens (including phenoxy) is 1. The summed E-state index contributed by atoms with van der Waals surface area (Å²) in [5, 5.41) is 15.8. The van der Waals surface area contributed by atoms with Crippen molar-refractivity contribution in [3.8, 4) is 0 Å². The molecule has 3 heterocycles. The third-order valence-electron chi connectivity index (χ3n) is 4.98. The van der Waals surface area contributed by atoms with Crippen molar-refractivity contribution in [1.82, 2.24) is 19.8 Å². The van der Waals surface area contributed by atoms with Crippen LogP contribution < -0.4 is 10.2 Å². The van der Waals surface area contributed by atoms with E-state index < -0.39 is 5.97 Å². The van der Waals surface area contributed by atoms with E-state index in [1.165, 1.54) is 12.8 Å². The van der Waals surface area contributed by atoms with Crippen molar-refractivity contribution in [2.45, 2.75) is 32.6 Å². The number of anilines is 2. The maximum atomic E-state index is 12.4. The molecule has 0 aliphatic carbocycles. The van der Waals surface area contributed by atoms with Gasteiger partial charge in [-0.25, -0.2) is 4.79 Å². The third-order valence-corrected chi connectivity index (χ3v) is 4.98. The molecule has 0 unspecified atom stereocenters. The first-order valence-electron chi connectivity index (χ1n) is 10.2. The Morgan fingerprint density at radius 2 is 1.97 bits per heavy atom. The Bertz CT molecular complexity index is 1060. The Hall–Kier alpha value is -3.49. The van der Waals surface area contributed by atoms with E-state index in [4.69, 9.17) is 4.74 Å². The van der Waals surface area contributed by atoms with Crippen LogP contribution in [0, 0.1) is 0 Å². The molecule has 1 amide bonds. The van der Waals surface area contributed by atoms with Gasteiger partial charge in [0.25, 0.3) is 0 Å². The van der Waals surface area contributed by atoms with Crippen molar-refractivity contribution in [3.05, 3.63) is 47.8 Å². The lowest BCUT2D eigenvalue weighted by atomic mass is 10.2. The topological polar surface area (TPSA) is 102 Å². The molecule has 0 spiro atoms. The summed E-state index contributed by atoms with van der Waals surface area (Å²) in [6.07, 6.45) is 2.97. The summed E-state index contributed by atoms with van der Waals surface area (Å²) < 4.78 is 6.70. The number of hydrogen-bond donors (Lipinski definition) is 1. The fourth-order valence-corrected chi connectivity index (χ4v) is 3.48. The molecule has 156 valence electrons. The molecule has 0 atom stereocenters. The van der Waals surface area contributed by atoms with Crippen LogP contribution in [0.5, 0.6) is 0 Å². The van der Waals surface area contributed by atoms with Crippen molar-refractivity contribution < 1.29 is 14.3 Å². The van der Waals surface area contributed by atoms with Gasteiger partial charge >= 0.3 is 5.97 Å². The fraction of sp³-hybridized carbons (Fsp3) is 0.381. The van der Waals surface area contributed by atoms with Crippen LogP contribution in [0.4, 0.5) is 11.5 Å². The van der Waals surface area contributed by atoms with E-state index in [2.05, 4.69) is 25.5 Å². The van der Waals surface area contributed by atoms with Crippen molar-refractivity contribution in [2.24, 2.45) is 0 Å². The van der Waals surface area contributed by atoms with Crippen LogP contribution in [0.25, 0.3) is 5.65 Å². The molecule has 9 nitrogen and oxygen atoms in total. The average molecular weight is 408 g/mol. The SMILES string of the molecule is CCOC(=O)c1cccc(NC(=O)CCc2nnc3ccc(N4CCCC4)nn23)c1. The molecule has 1 aliphatic rings. The van der Waals surface area contributed by atoms with Crippen LogP contribution in [0.2, 0.25) is 0 Å². The highest BCUT2D eigenvalue weighted by Gasteiger charge is 2.16. The molecule has 3 aromatic rings. The molecule has 1 saturated heterocycles. The van der Waals surface area contributed by atoms with Crippen LogP contribution in [0.1, 0.15) is 42.4 Å². The molecule has 1 aliphatic heterocycles. The van der Waals surface area contributed by atoms with E-state index >= 15 is 0 Å². The summed E-state index contributed by atoms with van der Waals surface area (Å²) in [5.74, 6) is 0.953. The Labute approximate surface area is 174 Å². The normalized spacial score (nSPS) is 13.6. The smallest absolute Gasteiger partial charge is 0.338 e. The van der Waals surface area contributed by atoms with Gasteiger partial charge in [-0.15, -0.1) is 15.3 Å². The number of carbonyl (C=O) groups is 2. The predicted molar refractivity (Wildman–Crippen MR) is 112 cm³/mol. The predicted octanol–water partition coefficient (Wildman–Crippen LogP) is 2.47. The zero-order chi connectivity index (χ0) is 20.9. The molecule has 0 radical (unpaired) electrons. The minimum absolute atomic E-state index is 0.177. The van der Waals surface area contributed by atoms with Crippen molar-refractivity contribution in [2.75, 3.05) is 29.9 Å². The van der Waals surface area contributed by atoms with Gasteiger partial charge in [-0.1, -0.05) is 6.07 Å². The summed E-state index contributed by atoms with van der Waals surface area (Å²) in [4.78, 5) is 26.5. The van der Waals surface area contributed by atoms with E-state index in [9.17, 15) is 9.59 Å². The molecule has 1 N–H and O–H groups in total. The number of benzene rings is 1. The quantitative estimate of drug-likeness (QED) is 0.599. The minimum atomic E-state index is -0.414. The first-order valence-corrected chi connectivity index (χ1v) is 10.2. The molecule has 1 fully saturated rings. The lowest BCUT2D eigenvalue weighted by Gasteiger charge is -2.15. The number of fused-ring (bicyclic) bond motifs is 1. The number of rotatable bonds is 7. The number of aryl methyl sites for hydroxylation is 1. The summed E-state index contributed by atoms with van der Waals surface area (Å²) in [7, 11) is 0. The van der Waals surface area contributed by atoms with Gasteiger partial charge in [-0.05, 0) is 50.1 Å². The second kappa shape index (κ2) is 8.89. The molecule has 1 aromatic carbocycles. The summed E-state index contributed by atoms with van der Waals surface area (Å²) in [6, 6.07) is 10.6. The summed E-state index contributed by atoms with van der Waals surface area (Å²) >= 11 is 0. The summed E-state index contributed by atoms with van der Waals surface area (Å²) in [5.41, 5.74) is 1.61. The number of amides is 1. The van der Waals surface area contributed by atoms with Gasteiger partial charge in [-0.2, -0.15) is 4.52 Å². The lowest BCUT2D eigenvalue weighted by Crippen LogP contribution is -2.20. The summed E-state index contributed by atoms with van der Waals surface area (Å²) in [6.45, 7) is 4.06. The van der Waals surface area contributed by atoms with E-state index in [0.717, 1.165) is 18.9 Å². The monoisotopic (exact) mass is 408 g/mol. The fourth-order valence-electron chi connectivity index (χ4n) is 3.48.